The molecule has 0 unspecified atom stereocenters. The summed E-state index contributed by atoms with van der Waals surface area (Å²) < 4.78 is 9.96. The lowest BCUT2D eigenvalue weighted by Crippen LogP contribution is -2.03. The second-order valence-corrected chi connectivity index (χ2v) is 6.60. The average Bonchev–Trinajstić information content (AvgIpc) is 3.05. The van der Waals surface area contributed by atoms with Crippen LogP contribution in [0.2, 0.25) is 0 Å². The van der Waals surface area contributed by atoms with Gasteiger partial charge in [-0.3, -0.25) is 5.10 Å². The van der Waals surface area contributed by atoms with Crippen molar-refractivity contribution in [2.24, 2.45) is 5.10 Å². The average molecular weight is 341 g/mol. The van der Waals surface area contributed by atoms with E-state index in [2.05, 4.69) is 39.8 Å². The summed E-state index contributed by atoms with van der Waals surface area (Å²) in [5.41, 5.74) is 3.39. The molecule has 1 fully saturated rings. The van der Waals surface area contributed by atoms with Gasteiger partial charge in [0.15, 0.2) is 5.82 Å². The van der Waals surface area contributed by atoms with Gasteiger partial charge in [-0.15, -0.1) is 0 Å². The fraction of sp³-hybridized carbons (Fsp3) is 0.353. The molecular formula is C17H19N5OS. The Morgan fingerprint density at radius 2 is 2.29 bits per heavy atom. The third kappa shape index (κ3) is 2.75. The number of aromatic nitrogens is 4. The van der Waals surface area contributed by atoms with Gasteiger partial charge in [0.05, 0.1) is 19.0 Å². The number of H-pyrrole nitrogens is 1. The number of hydrogen-bond acceptors (Lipinski definition) is 4. The topological polar surface area (TPSA) is 64.0 Å². The van der Waals surface area contributed by atoms with E-state index in [9.17, 15) is 0 Å². The van der Waals surface area contributed by atoms with Crippen LogP contribution in [-0.4, -0.2) is 25.7 Å². The Kier molecular flexibility index (Phi) is 3.72. The lowest BCUT2D eigenvalue weighted by molar-refractivity contribution is 0.489. The first-order valence-electron chi connectivity index (χ1n) is 8.04. The number of hydrogen-bond donors (Lipinski definition) is 1. The number of furan rings is 1. The summed E-state index contributed by atoms with van der Waals surface area (Å²) >= 11 is 5.29. The quantitative estimate of drug-likeness (QED) is 0.568. The van der Waals surface area contributed by atoms with E-state index in [0.29, 0.717) is 10.7 Å². The zero-order chi connectivity index (χ0) is 16.7. The van der Waals surface area contributed by atoms with E-state index in [4.69, 9.17) is 16.6 Å². The molecule has 7 heteroatoms. The van der Waals surface area contributed by atoms with Crippen molar-refractivity contribution in [3.63, 3.8) is 0 Å². The molecule has 0 radical (unpaired) electrons. The minimum atomic E-state index is 0.487. The van der Waals surface area contributed by atoms with Crippen LogP contribution in [0, 0.1) is 18.6 Å². The minimum absolute atomic E-state index is 0.487. The first-order chi connectivity index (χ1) is 11.6. The Morgan fingerprint density at radius 1 is 1.46 bits per heavy atom. The highest BCUT2D eigenvalue weighted by Crippen LogP contribution is 2.38. The molecule has 1 saturated carbocycles. The van der Waals surface area contributed by atoms with Crippen LogP contribution < -0.4 is 0 Å². The lowest BCUT2D eigenvalue weighted by atomic mass is 10.3. The van der Waals surface area contributed by atoms with Gasteiger partial charge in [-0.1, -0.05) is 0 Å². The van der Waals surface area contributed by atoms with Gasteiger partial charge in [0.1, 0.15) is 5.76 Å². The first-order valence-corrected chi connectivity index (χ1v) is 8.45. The van der Waals surface area contributed by atoms with Gasteiger partial charge in [0.2, 0.25) is 4.77 Å². The fourth-order valence-corrected chi connectivity index (χ4v) is 3.09. The zero-order valence-corrected chi connectivity index (χ0v) is 14.5. The van der Waals surface area contributed by atoms with Crippen LogP contribution in [0.4, 0.5) is 0 Å². The maximum atomic E-state index is 5.46. The molecule has 0 aromatic carbocycles. The zero-order valence-electron chi connectivity index (χ0n) is 13.7. The SMILES string of the molecule is Cc1cc(/C=N\n2c(C3CC3)n[nH]c2=S)c(C)n1Cc1ccco1. The van der Waals surface area contributed by atoms with Crippen LogP contribution in [0.1, 0.15) is 47.3 Å². The van der Waals surface area contributed by atoms with Gasteiger partial charge in [0, 0.05) is 22.9 Å². The number of nitrogens with one attached hydrogen (secondary N) is 1. The Labute approximate surface area is 144 Å². The molecule has 0 saturated heterocycles. The molecule has 1 aliphatic carbocycles. The molecule has 0 bridgehead atoms. The summed E-state index contributed by atoms with van der Waals surface area (Å²) in [7, 11) is 0. The molecule has 6 nitrogen and oxygen atoms in total. The van der Waals surface area contributed by atoms with Crippen LogP contribution in [0.25, 0.3) is 0 Å². The standard InChI is InChI=1S/C17H19N5OS/c1-11-8-14(12(2)21(11)10-15-4-3-7-23-15)9-18-22-16(13-5-6-13)19-20-17(22)24/h3-4,7-9,13H,5-6,10H2,1-2H3,(H,20,24)/b18-9-. The van der Waals surface area contributed by atoms with Crippen LogP contribution in [0.15, 0.2) is 34.0 Å². The molecule has 1 N–H and O–H groups in total. The molecule has 0 spiro atoms. The summed E-state index contributed by atoms with van der Waals surface area (Å²) in [4.78, 5) is 0. The van der Waals surface area contributed by atoms with Crippen LogP contribution >= 0.6 is 12.2 Å². The summed E-state index contributed by atoms with van der Waals surface area (Å²) in [5.74, 6) is 2.36. The highest BCUT2D eigenvalue weighted by atomic mass is 32.1. The van der Waals surface area contributed by atoms with E-state index >= 15 is 0 Å². The van der Waals surface area contributed by atoms with Crippen molar-refractivity contribution in [2.45, 2.75) is 39.2 Å². The van der Waals surface area contributed by atoms with Crippen molar-refractivity contribution < 1.29 is 4.42 Å². The molecule has 0 aliphatic heterocycles. The normalized spacial score (nSPS) is 14.8. The molecule has 3 aromatic rings. The second kappa shape index (κ2) is 5.90. The van der Waals surface area contributed by atoms with Crippen molar-refractivity contribution in [1.29, 1.82) is 0 Å². The maximum Gasteiger partial charge on any atom is 0.216 e. The van der Waals surface area contributed by atoms with E-state index in [-0.39, 0.29) is 0 Å². The molecule has 1 aliphatic rings. The van der Waals surface area contributed by atoms with Crippen molar-refractivity contribution in [2.75, 3.05) is 0 Å². The predicted octanol–water partition coefficient (Wildman–Crippen LogP) is 3.76. The summed E-state index contributed by atoms with van der Waals surface area (Å²) in [6.07, 6.45) is 5.88. The third-order valence-electron chi connectivity index (χ3n) is 4.44. The van der Waals surface area contributed by atoms with Gasteiger partial charge in [-0.05, 0) is 57.1 Å². The van der Waals surface area contributed by atoms with Crippen LogP contribution in [0.5, 0.6) is 0 Å². The van der Waals surface area contributed by atoms with Gasteiger partial charge in [0.25, 0.3) is 0 Å². The molecule has 124 valence electrons. The monoisotopic (exact) mass is 341 g/mol. The molecular weight excluding hydrogens is 322 g/mol. The number of nitrogens with zero attached hydrogens (tertiary/aromatic N) is 4. The van der Waals surface area contributed by atoms with Crippen molar-refractivity contribution in [3.8, 4) is 0 Å². The summed E-state index contributed by atoms with van der Waals surface area (Å²) in [5, 5.41) is 11.7. The minimum Gasteiger partial charge on any atom is -0.467 e. The van der Waals surface area contributed by atoms with Crippen LogP contribution in [-0.2, 0) is 6.54 Å². The molecule has 0 amide bonds. The Balaban J connectivity index is 1.63. The summed E-state index contributed by atoms with van der Waals surface area (Å²) in [6, 6.07) is 6.02. The van der Waals surface area contributed by atoms with E-state index < -0.39 is 0 Å². The Hall–Kier alpha value is -2.41. The van der Waals surface area contributed by atoms with E-state index in [1.807, 2.05) is 18.3 Å². The lowest BCUT2D eigenvalue weighted by Gasteiger charge is -2.07. The van der Waals surface area contributed by atoms with Crippen molar-refractivity contribution in [1.82, 2.24) is 19.4 Å². The number of rotatable bonds is 5. The van der Waals surface area contributed by atoms with E-state index in [1.54, 1.807) is 10.9 Å². The van der Waals surface area contributed by atoms with Gasteiger partial charge in [-0.2, -0.15) is 14.9 Å². The number of aryl methyl sites for hydroxylation is 1. The van der Waals surface area contributed by atoms with Gasteiger partial charge >= 0.3 is 0 Å². The Bertz CT molecular complexity index is 940. The summed E-state index contributed by atoms with van der Waals surface area (Å²) in [6.45, 7) is 4.90. The number of aromatic amines is 1. The molecule has 0 atom stereocenters. The first kappa shape index (κ1) is 15.1. The van der Waals surface area contributed by atoms with Crippen LogP contribution in [0.3, 0.4) is 0 Å². The van der Waals surface area contributed by atoms with E-state index in [1.165, 1.54) is 5.69 Å². The third-order valence-corrected chi connectivity index (χ3v) is 4.70. The second-order valence-electron chi connectivity index (χ2n) is 6.21. The van der Waals surface area contributed by atoms with E-state index in [0.717, 1.165) is 42.2 Å². The predicted molar refractivity (Wildman–Crippen MR) is 94.1 cm³/mol. The largest absolute Gasteiger partial charge is 0.467 e. The Morgan fingerprint density at radius 3 is 3.00 bits per heavy atom. The molecule has 3 heterocycles. The molecule has 4 rings (SSSR count). The maximum absolute atomic E-state index is 5.46. The highest BCUT2D eigenvalue weighted by Gasteiger charge is 2.29. The van der Waals surface area contributed by atoms with Gasteiger partial charge in [-0.25, -0.2) is 0 Å². The van der Waals surface area contributed by atoms with Gasteiger partial charge < -0.3 is 8.98 Å². The molecule has 24 heavy (non-hydrogen) atoms. The van der Waals surface area contributed by atoms with Crippen molar-refractivity contribution >= 4 is 18.4 Å². The fourth-order valence-electron chi connectivity index (χ4n) is 2.90. The highest BCUT2D eigenvalue weighted by molar-refractivity contribution is 7.71. The molecule has 3 aromatic heterocycles. The smallest absolute Gasteiger partial charge is 0.216 e. The van der Waals surface area contributed by atoms with Crippen molar-refractivity contribution in [3.05, 3.63) is 57.8 Å².